The molecular formula is C17H28N2O5. The van der Waals surface area contributed by atoms with Crippen LogP contribution in [-0.2, 0) is 19.0 Å². The first-order valence-electron chi connectivity index (χ1n) is 8.19. The molecule has 7 heteroatoms. The Bertz CT molecular complexity index is 445. The number of ether oxygens (including phenoxy) is 3. The fraction of sp³-hybridized carbons (Fsp3) is 0.765. The number of hydrogen-bond acceptors (Lipinski definition) is 5. The van der Waals surface area contributed by atoms with E-state index < -0.39 is 11.7 Å². The van der Waals surface area contributed by atoms with Gasteiger partial charge in [-0.3, -0.25) is 4.79 Å². The smallest absolute Gasteiger partial charge is 0.407 e. The van der Waals surface area contributed by atoms with Crippen molar-refractivity contribution < 1.29 is 23.8 Å². The van der Waals surface area contributed by atoms with Gasteiger partial charge in [0, 0.05) is 19.6 Å². The van der Waals surface area contributed by atoms with Gasteiger partial charge in [0.1, 0.15) is 18.8 Å². The summed E-state index contributed by atoms with van der Waals surface area (Å²) in [5, 5.41) is 2.65. The molecule has 0 radical (unpaired) electrons. The van der Waals surface area contributed by atoms with Crippen molar-refractivity contribution >= 4 is 12.0 Å². The summed E-state index contributed by atoms with van der Waals surface area (Å²) >= 11 is 0. The average Bonchev–Trinajstić information content (AvgIpc) is 2.50. The lowest BCUT2D eigenvalue weighted by molar-refractivity contribution is -0.138. The highest BCUT2D eigenvalue weighted by Gasteiger charge is 2.23. The average molecular weight is 340 g/mol. The topological polar surface area (TPSA) is 77.1 Å². The number of nitrogens with one attached hydrogen (secondary N) is 1. The normalized spacial score (nSPS) is 15.7. The SMILES string of the molecule is C#CCOCC(=O)N1CCC(OCCNC(=O)OC(C)(C)C)CC1. The summed E-state index contributed by atoms with van der Waals surface area (Å²) in [6.07, 6.45) is 6.26. The molecular weight excluding hydrogens is 312 g/mol. The first kappa shape index (κ1) is 20.3. The molecule has 0 saturated carbocycles. The lowest BCUT2D eigenvalue weighted by Gasteiger charge is -2.32. The first-order valence-corrected chi connectivity index (χ1v) is 8.19. The molecule has 1 aliphatic rings. The van der Waals surface area contributed by atoms with Crippen LogP contribution in [0.25, 0.3) is 0 Å². The van der Waals surface area contributed by atoms with Crippen LogP contribution in [0.3, 0.4) is 0 Å². The Hall–Kier alpha value is -1.78. The minimum Gasteiger partial charge on any atom is -0.444 e. The molecule has 0 aliphatic carbocycles. The molecule has 2 amide bonds. The van der Waals surface area contributed by atoms with Crippen LogP contribution >= 0.6 is 0 Å². The zero-order valence-corrected chi connectivity index (χ0v) is 14.8. The predicted molar refractivity (Wildman–Crippen MR) is 89.4 cm³/mol. The van der Waals surface area contributed by atoms with Crippen LogP contribution in [-0.4, -0.2) is 68.1 Å². The minimum atomic E-state index is -0.506. The fourth-order valence-corrected chi connectivity index (χ4v) is 2.25. The van der Waals surface area contributed by atoms with E-state index in [0.29, 0.717) is 26.2 Å². The van der Waals surface area contributed by atoms with Crippen molar-refractivity contribution in [1.29, 1.82) is 0 Å². The number of likely N-dealkylation sites (tertiary alicyclic amines) is 1. The van der Waals surface area contributed by atoms with E-state index in [1.807, 2.05) is 20.8 Å². The van der Waals surface area contributed by atoms with E-state index >= 15 is 0 Å². The van der Waals surface area contributed by atoms with E-state index in [4.69, 9.17) is 20.6 Å². The van der Waals surface area contributed by atoms with Gasteiger partial charge in [0.05, 0.1) is 12.7 Å². The summed E-state index contributed by atoms with van der Waals surface area (Å²) < 4.78 is 15.9. The van der Waals surface area contributed by atoms with E-state index in [0.717, 1.165) is 12.8 Å². The maximum Gasteiger partial charge on any atom is 0.407 e. The van der Waals surface area contributed by atoms with Gasteiger partial charge in [-0.15, -0.1) is 6.42 Å². The number of carbonyl (C=O) groups excluding carboxylic acids is 2. The molecule has 24 heavy (non-hydrogen) atoms. The van der Waals surface area contributed by atoms with E-state index in [1.54, 1.807) is 4.90 Å². The van der Waals surface area contributed by atoms with Gasteiger partial charge in [-0.25, -0.2) is 4.79 Å². The lowest BCUT2D eigenvalue weighted by Crippen LogP contribution is -2.43. The molecule has 1 heterocycles. The number of rotatable bonds is 7. The summed E-state index contributed by atoms with van der Waals surface area (Å²) in [5.74, 6) is 2.28. The third kappa shape index (κ3) is 8.75. The second-order valence-electron chi connectivity index (χ2n) is 6.58. The highest BCUT2D eigenvalue weighted by molar-refractivity contribution is 5.77. The van der Waals surface area contributed by atoms with Crippen molar-refractivity contribution in [1.82, 2.24) is 10.2 Å². The molecule has 136 valence electrons. The van der Waals surface area contributed by atoms with Crippen molar-refractivity contribution in [2.45, 2.75) is 45.3 Å². The van der Waals surface area contributed by atoms with Crippen LogP contribution in [0.5, 0.6) is 0 Å². The Balaban J connectivity index is 2.11. The second-order valence-corrected chi connectivity index (χ2v) is 6.58. The number of piperidine rings is 1. The monoisotopic (exact) mass is 340 g/mol. The molecule has 0 atom stereocenters. The Morgan fingerprint density at radius 3 is 2.54 bits per heavy atom. The van der Waals surface area contributed by atoms with Crippen LogP contribution in [0.15, 0.2) is 0 Å². The summed E-state index contributed by atoms with van der Waals surface area (Å²) in [6, 6.07) is 0. The van der Waals surface area contributed by atoms with Gasteiger partial charge < -0.3 is 24.4 Å². The van der Waals surface area contributed by atoms with Gasteiger partial charge in [-0.1, -0.05) is 5.92 Å². The lowest BCUT2D eigenvalue weighted by atomic mass is 10.1. The van der Waals surface area contributed by atoms with Crippen LogP contribution in [0.4, 0.5) is 4.79 Å². The zero-order chi connectivity index (χ0) is 18.0. The maximum absolute atomic E-state index is 11.9. The van der Waals surface area contributed by atoms with E-state index in [-0.39, 0.29) is 25.2 Å². The van der Waals surface area contributed by atoms with Gasteiger partial charge in [0.2, 0.25) is 5.91 Å². The first-order chi connectivity index (χ1) is 11.3. The Labute approximate surface area is 144 Å². The Morgan fingerprint density at radius 1 is 1.29 bits per heavy atom. The molecule has 0 aromatic rings. The standard InChI is InChI=1S/C17H28N2O5/c1-5-11-22-13-15(20)19-9-6-14(7-10-19)23-12-8-18-16(21)24-17(2,3)4/h1,14H,6-13H2,2-4H3,(H,18,21). The van der Waals surface area contributed by atoms with Gasteiger partial charge >= 0.3 is 6.09 Å². The summed E-state index contributed by atoms with van der Waals surface area (Å²) in [5.41, 5.74) is -0.506. The molecule has 1 aliphatic heterocycles. The van der Waals surface area contributed by atoms with E-state index in [2.05, 4.69) is 11.2 Å². The third-order valence-corrected chi connectivity index (χ3v) is 3.33. The van der Waals surface area contributed by atoms with E-state index in [9.17, 15) is 9.59 Å². The predicted octanol–water partition coefficient (Wildman–Crippen LogP) is 1.17. The third-order valence-electron chi connectivity index (χ3n) is 3.33. The van der Waals surface area contributed by atoms with Crippen molar-refractivity contribution in [3.05, 3.63) is 0 Å². The van der Waals surface area contributed by atoms with Crippen LogP contribution < -0.4 is 5.32 Å². The van der Waals surface area contributed by atoms with Gasteiger partial charge in [-0.2, -0.15) is 0 Å². The van der Waals surface area contributed by atoms with E-state index in [1.165, 1.54) is 0 Å². The molecule has 0 aromatic heterocycles. The molecule has 1 saturated heterocycles. The Kier molecular flexibility index (Phi) is 8.58. The molecule has 0 aromatic carbocycles. The number of nitrogens with zero attached hydrogens (tertiary/aromatic N) is 1. The van der Waals surface area contributed by atoms with Crippen molar-refractivity contribution in [3.8, 4) is 12.3 Å². The highest BCUT2D eigenvalue weighted by Crippen LogP contribution is 2.13. The van der Waals surface area contributed by atoms with Gasteiger partial charge in [-0.05, 0) is 33.6 Å². The summed E-state index contributed by atoms with van der Waals surface area (Å²) in [6.45, 7) is 7.72. The van der Waals surface area contributed by atoms with Gasteiger partial charge in [0.25, 0.3) is 0 Å². The molecule has 0 unspecified atom stereocenters. The summed E-state index contributed by atoms with van der Waals surface area (Å²) in [4.78, 5) is 25.1. The fourth-order valence-electron chi connectivity index (χ4n) is 2.25. The number of alkyl carbamates (subject to hydrolysis) is 1. The maximum atomic E-state index is 11.9. The molecule has 0 bridgehead atoms. The quantitative estimate of drug-likeness (QED) is 0.556. The van der Waals surface area contributed by atoms with Crippen LogP contribution in [0, 0.1) is 12.3 Å². The molecule has 1 N–H and O–H groups in total. The minimum absolute atomic E-state index is 0.0233. The molecule has 7 nitrogen and oxygen atoms in total. The number of terminal acetylenes is 1. The number of carbonyl (C=O) groups is 2. The van der Waals surface area contributed by atoms with Crippen molar-refractivity contribution in [2.24, 2.45) is 0 Å². The number of hydrogen-bond donors (Lipinski definition) is 1. The zero-order valence-electron chi connectivity index (χ0n) is 14.8. The molecule has 1 rings (SSSR count). The number of amides is 2. The largest absolute Gasteiger partial charge is 0.444 e. The van der Waals surface area contributed by atoms with Gasteiger partial charge in [0.15, 0.2) is 0 Å². The second kappa shape index (κ2) is 10.2. The molecule has 0 spiro atoms. The van der Waals surface area contributed by atoms with Crippen molar-refractivity contribution in [2.75, 3.05) is 39.5 Å². The van der Waals surface area contributed by atoms with Crippen LogP contribution in [0.1, 0.15) is 33.6 Å². The Morgan fingerprint density at radius 2 is 1.96 bits per heavy atom. The van der Waals surface area contributed by atoms with Crippen LogP contribution in [0.2, 0.25) is 0 Å². The van der Waals surface area contributed by atoms with Crippen molar-refractivity contribution in [3.63, 3.8) is 0 Å². The highest BCUT2D eigenvalue weighted by atomic mass is 16.6. The molecule has 1 fully saturated rings. The summed E-state index contributed by atoms with van der Waals surface area (Å²) in [7, 11) is 0.